The van der Waals surface area contributed by atoms with E-state index in [1.165, 1.54) is 4.90 Å². The number of carboxylic acid groups (broad SMARTS) is 1. The molecule has 2 amide bonds. The van der Waals surface area contributed by atoms with Gasteiger partial charge in [0.1, 0.15) is 6.54 Å². The lowest BCUT2D eigenvalue weighted by atomic mass is 10.3. The van der Waals surface area contributed by atoms with Crippen molar-refractivity contribution in [3.8, 4) is 0 Å². The number of carboxylic acids is 1. The standard InChI is InChI=1S/C10H18N2O3/c1-7(2)11-10(15)12(6-9(13)14)5-8-3-4-8/h7-8H,3-6H2,1-2H3,(H,11,15)(H,13,14). The maximum atomic E-state index is 11.6. The molecule has 2 N–H and O–H groups in total. The fraction of sp³-hybridized carbons (Fsp3) is 0.800. The molecule has 0 radical (unpaired) electrons. The first-order valence-corrected chi connectivity index (χ1v) is 5.26. The minimum Gasteiger partial charge on any atom is -0.480 e. The summed E-state index contributed by atoms with van der Waals surface area (Å²) in [6, 6.07) is -0.243. The van der Waals surface area contributed by atoms with Crippen molar-refractivity contribution in [3.05, 3.63) is 0 Å². The fourth-order valence-electron chi connectivity index (χ4n) is 1.33. The molecule has 0 saturated heterocycles. The molecule has 1 fully saturated rings. The van der Waals surface area contributed by atoms with Crippen molar-refractivity contribution in [3.63, 3.8) is 0 Å². The highest BCUT2D eigenvalue weighted by Gasteiger charge is 2.27. The van der Waals surface area contributed by atoms with E-state index in [9.17, 15) is 9.59 Å². The first kappa shape index (κ1) is 11.8. The van der Waals surface area contributed by atoms with Crippen LogP contribution in [0.15, 0.2) is 0 Å². The SMILES string of the molecule is CC(C)NC(=O)N(CC(=O)O)CC1CC1. The van der Waals surface area contributed by atoms with Crippen LogP contribution < -0.4 is 5.32 Å². The van der Waals surface area contributed by atoms with Crippen molar-refractivity contribution in [1.82, 2.24) is 10.2 Å². The maximum absolute atomic E-state index is 11.6. The molecule has 1 aliphatic carbocycles. The van der Waals surface area contributed by atoms with Crippen molar-refractivity contribution in [2.45, 2.75) is 32.7 Å². The Morgan fingerprint density at radius 1 is 1.47 bits per heavy atom. The molecular formula is C10H18N2O3. The third-order valence-electron chi connectivity index (χ3n) is 2.20. The lowest BCUT2D eigenvalue weighted by Crippen LogP contribution is -2.46. The fourth-order valence-corrected chi connectivity index (χ4v) is 1.33. The Morgan fingerprint density at radius 3 is 2.47 bits per heavy atom. The molecule has 0 aromatic rings. The van der Waals surface area contributed by atoms with Crippen molar-refractivity contribution < 1.29 is 14.7 Å². The van der Waals surface area contributed by atoms with Gasteiger partial charge in [0, 0.05) is 12.6 Å². The smallest absolute Gasteiger partial charge is 0.323 e. The minimum absolute atomic E-state index is 0.0352. The molecule has 0 heterocycles. The van der Waals surface area contributed by atoms with Crippen LogP contribution in [0.3, 0.4) is 0 Å². The predicted octanol–water partition coefficient (Wildman–Crippen LogP) is 0.901. The van der Waals surface area contributed by atoms with E-state index in [4.69, 9.17) is 5.11 Å². The Kier molecular flexibility index (Phi) is 3.94. The van der Waals surface area contributed by atoms with E-state index in [1.807, 2.05) is 13.8 Å². The van der Waals surface area contributed by atoms with Crippen LogP contribution in [-0.4, -0.2) is 41.1 Å². The minimum atomic E-state index is -0.963. The van der Waals surface area contributed by atoms with Gasteiger partial charge in [0.2, 0.25) is 0 Å². The largest absolute Gasteiger partial charge is 0.480 e. The third kappa shape index (κ3) is 4.67. The number of hydrogen-bond acceptors (Lipinski definition) is 2. The van der Waals surface area contributed by atoms with Gasteiger partial charge in [-0.25, -0.2) is 4.79 Å². The monoisotopic (exact) mass is 214 g/mol. The zero-order chi connectivity index (χ0) is 11.4. The molecule has 0 unspecified atom stereocenters. The highest BCUT2D eigenvalue weighted by atomic mass is 16.4. The summed E-state index contributed by atoms with van der Waals surface area (Å²) in [5.74, 6) is -0.461. The molecule has 5 nitrogen and oxygen atoms in total. The second-order valence-electron chi connectivity index (χ2n) is 4.32. The van der Waals surface area contributed by atoms with E-state index >= 15 is 0 Å². The first-order valence-electron chi connectivity index (χ1n) is 5.26. The second kappa shape index (κ2) is 5.00. The van der Waals surface area contributed by atoms with E-state index in [0.717, 1.165) is 12.8 Å². The molecule has 0 bridgehead atoms. The highest BCUT2D eigenvalue weighted by Crippen LogP contribution is 2.29. The number of aliphatic carboxylic acids is 1. The van der Waals surface area contributed by atoms with Crippen LogP contribution in [0.2, 0.25) is 0 Å². The van der Waals surface area contributed by atoms with E-state index in [2.05, 4.69) is 5.32 Å². The molecule has 0 spiro atoms. The van der Waals surface area contributed by atoms with E-state index in [1.54, 1.807) is 0 Å². The van der Waals surface area contributed by atoms with Crippen LogP contribution in [0.1, 0.15) is 26.7 Å². The molecule has 0 aliphatic heterocycles. The molecule has 0 atom stereocenters. The van der Waals surface area contributed by atoms with Gasteiger partial charge in [-0.1, -0.05) is 0 Å². The van der Waals surface area contributed by atoms with Gasteiger partial charge in [-0.3, -0.25) is 4.79 Å². The molecule has 1 rings (SSSR count). The lowest BCUT2D eigenvalue weighted by Gasteiger charge is -2.22. The zero-order valence-electron chi connectivity index (χ0n) is 9.19. The summed E-state index contributed by atoms with van der Waals surface area (Å²) >= 11 is 0. The summed E-state index contributed by atoms with van der Waals surface area (Å²) < 4.78 is 0. The molecule has 86 valence electrons. The summed E-state index contributed by atoms with van der Waals surface area (Å²) in [5.41, 5.74) is 0. The summed E-state index contributed by atoms with van der Waals surface area (Å²) in [4.78, 5) is 23.6. The molecule has 1 saturated carbocycles. The van der Waals surface area contributed by atoms with Gasteiger partial charge in [-0.15, -0.1) is 0 Å². The number of carbonyl (C=O) groups excluding carboxylic acids is 1. The molecule has 0 aromatic heterocycles. The average Bonchev–Trinajstić information content (AvgIpc) is 2.84. The Hall–Kier alpha value is -1.26. The number of nitrogens with one attached hydrogen (secondary N) is 1. The topological polar surface area (TPSA) is 69.6 Å². The van der Waals surface area contributed by atoms with Crippen LogP contribution in [0.5, 0.6) is 0 Å². The van der Waals surface area contributed by atoms with Gasteiger partial charge in [0.25, 0.3) is 0 Å². The average molecular weight is 214 g/mol. The molecule has 1 aliphatic rings. The van der Waals surface area contributed by atoms with Crippen LogP contribution in [0, 0.1) is 5.92 Å². The summed E-state index contributed by atoms with van der Waals surface area (Å²) in [5, 5.41) is 11.4. The number of hydrogen-bond donors (Lipinski definition) is 2. The van der Waals surface area contributed by atoms with E-state index in [0.29, 0.717) is 12.5 Å². The van der Waals surface area contributed by atoms with Crippen molar-refractivity contribution in [2.24, 2.45) is 5.92 Å². The highest BCUT2D eigenvalue weighted by molar-refractivity contribution is 5.80. The molecule has 5 heteroatoms. The van der Waals surface area contributed by atoms with Gasteiger partial charge in [-0.05, 0) is 32.6 Å². The summed E-state index contributed by atoms with van der Waals surface area (Å²) in [7, 11) is 0. The van der Waals surface area contributed by atoms with Gasteiger partial charge < -0.3 is 15.3 Å². The quantitative estimate of drug-likeness (QED) is 0.714. The Bertz CT molecular complexity index is 249. The number of rotatable bonds is 5. The Balaban J connectivity index is 2.45. The number of nitrogens with zero attached hydrogens (tertiary/aromatic N) is 1. The van der Waals surface area contributed by atoms with Gasteiger partial charge in [0.15, 0.2) is 0 Å². The Morgan fingerprint density at radius 2 is 2.07 bits per heavy atom. The summed E-state index contributed by atoms with van der Waals surface area (Å²) in [6.45, 7) is 4.06. The van der Waals surface area contributed by atoms with Crippen LogP contribution in [-0.2, 0) is 4.79 Å². The maximum Gasteiger partial charge on any atom is 0.323 e. The molecular weight excluding hydrogens is 196 g/mol. The van der Waals surface area contributed by atoms with Crippen molar-refractivity contribution in [2.75, 3.05) is 13.1 Å². The number of amides is 2. The normalized spacial score (nSPS) is 15.1. The molecule has 0 aromatic carbocycles. The van der Waals surface area contributed by atoms with Crippen LogP contribution >= 0.6 is 0 Å². The van der Waals surface area contributed by atoms with Gasteiger partial charge in [0.05, 0.1) is 0 Å². The predicted molar refractivity (Wildman–Crippen MR) is 55.6 cm³/mol. The van der Waals surface area contributed by atoms with Crippen molar-refractivity contribution in [1.29, 1.82) is 0 Å². The summed E-state index contributed by atoms with van der Waals surface area (Å²) in [6.07, 6.45) is 2.20. The van der Waals surface area contributed by atoms with E-state index < -0.39 is 5.97 Å². The third-order valence-corrected chi connectivity index (χ3v) is 2.20. The van der Waals surface area contributed by atoms with Gasteiger partial charge >= 0.3 is 12.0 Å². The molecule has 15 heavy (non-hydrogen) atoms. The number of urea groups is 1. The number of carbonyl (C=O) groups is 2. The lowest BCUT2D eigenvalue weighted by molar-refractivity contribution is -0.137. The van der Waals surface area contributed by atoms with E-state index in [-0.39, 0.29) is 18.6 Å². The first-order chi connectivity index (χ1) is 6.99. The van der Waals surface area contributed by atoms with Gasteiger partial charge in [-0.2, -0.15) is 0 Å². The second-order valence-corrected chi connectivity index (χ2v) is 4.32. The zero-order valence-corrected chi connectivity index (χ0v) is 9.19. The van der Waals surface area contributed by atoms with Crippen LogP contribution in [0.4, 0.5) is 4.79 Å². The Labute approximate surface area is 89.4 Å². The van der Waals surface area contributed by atoms with Crippen LogP contribution in [0.25, 0.3) is 0 Å². The van der Waals surface area contributed by atoms with Crippen molar-refractivity contribution >= 4 is 12.0 Å².